The Morgan fingerprint density at radius 2 is 1.97 bits per heavy atom. The van der Waals surface area contributed by atoms with Crippen LogP contribution in [-0.2, 0) is 9.59 Å². The van der Waals surface area contributed by atoms with Crippen LogP contribution in [0.25, 0.3) is 0 Å². The fourth-order valence-corrected chi connectivity index (χ4v) is 4.38. The van der Waals surface area contributed by atoms with Gasteiger partial charge < -0.3 is 21.7 Å². The van der Waals surface area contributed by atoms with Crippen LogP contribution in [0.2, 0.25) is 0 Å². The van der Waals surface area contributed by atoms with Crippen LogP contribution in [-0.4, -0.2) is 41.5 Å². The molecule has 1 aliphatic carbocycles. The number of carbonyl (C=O) groups is 2. The number of piperidine rings is 1. The summed E-state index contributed by atoms with van der Waals surface area (Å²) in [5, 5.41) is 2.72. The number of amides is 2. The van der Waals surface area contributed by atoms with Gasteiger partial charge in [0.05, 0.1) is 17.9 Å². The highest BCUT2D eigenvalue weighted by atomic mass is 16.2. The van der Waals surface area contributed by atoms with Gasteiger partial charge in [-0.2, -0.15) is 0 Å². The monoisotopic (exact) mass is 434 g/mol. The number of benzene rings is 1. The maximum Gasteiger partial charge on any atom is 0.313 e. The van der Waals surface area contributed by atoms with Gasteiger partial charge in [-0.05, 0) is 60.8 Å². The van der Waals surface area contributed by atoms with E-state index >= 15 is 0 Å². The van der Waals surface area contributed by atoms with E-state index in [1.807, 2.05) is 24.3 Å². The molecule has 0 bridgehead atoms. The molecule has 8 nitrogen and oxygen atoms in total. The summed E-state index contributed by atoms with van der Waals surface area (Å²) < 4.78 is 0. The molecule has 4 rings (SSSR count). The van der Waals surface area contributed by atoms with Crippen molar-refractivity contribution in [3.63, 3.8) is 0 Å². The standard InChI is InChI=1S/C24H30N6O2/c1-14-3-8-21(16-6-7-17(11-27-2)20(25)9-16)30(13-14)24(32)23(31)29-18-10-19(15-4-5-15)22(26)28-12-18/h6-7,9-12,14-15,21H,3-5,8,13,25H2,1-2H3,(H2,26,28)(H,29,31)/t14-,21+/m1/s1. The largest absolute Gasteiger partial charge is 0.398 e. The first kappa shape index (κ1) is 21.8. The van der Waals surface area contributed by atoms with E-state index in [4.69, 9.17) is 11.5 Å². The molecule has 168 valence electrons. The van der Waals surface area contributed by atoms with Crippen LogP contribution < -0.4 is 16.8 Å². The number of nitrogens with zero attached hydrogens (tertiary/aromatic N) is 3. The summed E-state index contributed by atoms with van der Waals surface area (Å²) in [7, 11) is 1.69. The fraction of sp³-hybridized carbons (Fsp3) is 0.417. The Kier molecular flexibility index (Phi) is 6.12. The second-order valence-corrected chi connectivity index (χ2v) is 8.86. The number of likely N-dealkylation sites (tertiary alicyclic amines) is 1. The van der Waals surface area contributed by atoms with Crippen LogP contribution in [0, 0.1) is 5.92 Å². The molecule has 2 aliphatic rings. The minimum atomic E-state index is -0.667. The number of rotatable bonds is 4. The van der Waals surface area contributed by atoms with E-state index in [0.717, 1.165) is 42.4 Å². The quantitative estimate of drug-likeness (QED) is 0.387. The Balaban J connectivity index is 1.54. The lowest BCUT2D eigenvalue weighted by Gasteiger charge is -2.38. The highest BCUT2D eigenvalue weighted by Gasteiger charge is 2.34. The number of aliphatic imine (C=N–C) groups is 1. The molecule has 2 fully saturated rings. The summed E-state index contributed by atoms with van der Waals surface area (Å²) in [4.78, 5) is 35.9. The van der Waals surface area contributed by atoms with Gasteiger partial charge in [-0.15, -0.1) is 0 Å². The number of nitrogens with two attached hydrogens (primary N) is 2. The summed E-state index contributed by atoms with van der Waals surface area (Å²) >= 11 is 0. The third kappa shape index (κ3) is 4.59. The molecule has 5 N–H and O–H groups in total. The maximum atomic E-state index is 13.2. The van der Waals surface area contributed by atoms with Crippen molar-refractivity contribution in [3.05, 3.63) is 47.2 Å². The SMILES string of the molecule is CN=Cc1ccc([C@@H]2CC[C@@H](C)CN2C(=O)C(=O)Nc2cnc(N)c(C3CC3)c2)cc1N. The third-order valence-electron chi connectivity index (χ3n) is 6.26. The number of hydrogen-bond donors (Lipinski definition) is 3. The van der Waals surface area contributed by atoms with E-state index in [-0.39, 0.29) is 6.04 Å². The molecule has 0 unspecified atom stereocenters. The van der Waals surface area contributed by atoms with Gasteiger partial charge in [-0.1, -0.05) is 19.1 Å². The Morgan fingerprint density at radius 1 is 1.19 bits per heavy atom. The number of nitrogens with one attached hydrogen (secondary N) is 1. The normalized spacial score (nSPS) is 21.0. The number of anilines is 3. The van der Waals surface area contributed by atoms with Crippen molar-refractivity contribution in [2.24, 2.45) is 10.9 Å². The summed E-state index contributed by atoms with van der Waals surface area (Å²) in [6, 6.07) is 7.36. The average molecular weight is 435 g/mol. The first-order valence-electron chi connectivity index (χ1n) is 11.1. The Labute approximate surface area is 188 Å². The van der Waals surface area contributed by atoms with E-state index in [1.165, 1.54) is 6.20 Å². The smallest absolute Gasteiger partial charge is 0.313 e. The Morgan fingerprint density at radius 3 is 2.66 bits per heavy atom. The van der Waals surface area contributed by atoms with Crippen molar-refractivity contribution >= 4 is 35.2 Å². The highest BCUT2D eigenvalue weighted by molar-refractivity contribution is 6.39. The van der Waals surface area contributed by atoms with Crippen molar-refractivity contribution in [1.29, 1.82) is 0 Å². The average Bonchev–Trinajstić information content (AvgIpc) is 3.61. The van der Waals surface area contributed by atoms with E-state index < -0.39 is 11.8 Å². The molecule has 1 aromatic carbocycles. The molecule has 8 heteroatoms. The third-order valence-corrected chi connectivity index (χ3v) is 6.26. The molecule has 2 atom stereocenters. The minimum absolute atomic E-state index is 0.203. The minimum Gasteiger partial charge on any atom is -0.398 e. The van der Waals surface area contributed by atoms with Crippen LogP contribution in [0.5, 0.6) is 0 Å². The molecule has 2 heterocycles. The van der Waals surface area contributed by atoms with Gasteiger partial charge in [-0.25, -0.2) is 4.98 Å². The predicted octanol–water partition coefficient (Wildman–Crippen LogP) is 3.11. The Bertz CT molecular complexity index is 1060. The van der Waals surface area contributed by atoms with E-state index in [1.54, 1.807) is 18.2 Å². The molecule has 1 saturated carbocycles. The highest BCUT2D eigenvalue weighted by Crippen LogP contribution is 2.43. The molecule has 0 spiro atoms. The van der Waals surface area contributed by atoms with Crippen LogP contribution in [0.3, 0.4) is 0 Å². The molecule has 1 saturated heterocycles. The van der Waals surface area contributed by atoms with Crippen molar-refractivity contribution in [2.45, 2.75) is 44.6 Å². The van der Waals surface area contributed by atoms with Crippen LogP contribution >= 0.6 is 0 Å². The fourth-order valence-electron chi connectivity index (χ4n) is 4.38. The van der Waals surface area contributed by atoms with Crippen LogP contribution in [0.15, 0.2) is 35.5 Å². The Hall–Kier alpha value is -3.42. The summed E-state index contributed by atoms with van der Waals surface area (Å²) in [6.07, 6.45) is 7.09. The van der Waals surface area contributed by atoms with Gasteiger partial charge in [-0.3, -0.25) is 14.6 Å². The maximum absolute atomic E-state index is 13.2. The predicted molar refractivity (Wildman–Crippen MR) is 126 cm³/mol. The van der Waals surface area contributed by atoms with Gasteiger partial charge >= 0.3 is 11.8 Å². The van der Waals surface area contributed by atoms with Gasteiger partial charge in [0.25, 0.3) is 0 Å². The molecule has 1 aliphatic heterocycles. The molecule has 2 aromatic rings. The molecular weight excluding hydrogens is 404 g/mol. The summed E-state index contributed by atoms with van der Waals surface area (Å²) in [6.45, 7) is 2.61. The number of nitrogen functional groups attached to an aromatic ring is 2. The zero-order chi connectivity index (χ0) is 22.8. The number of aromatic nitrogens is 1. The first-order chi connectivity index (χ1) is 15.4. The number of carbonyl (C=O) groups excluding carboxylic acids is 2. The van der Waals surface area contributed by atoms with Crippen molar-refractivity contribution in [3.8, 4) is 0 Å². The van der Waals surface area contributed by atoms with Gasteiger partial charge in [0, 0.05) is 31.1 Å². The summed E-state index contributed by atoms with van der Waals surface area (Å²) in [5.41, 5.74) is 15.9. The molecule has 1 aromatic heterocycles. The van der Waals surface area contributed by atoms with Gasteiger partial charge in [0.1, 0.15) is 5.82 Å². The van der Waals surface area contributed by atoms with Crippen LogP contribution in [0.1, 0.15) is 61.3 Å². The van der Waals surface area contributed by atoms with Gasteiger partial charge in [0.2, 0.25) is 0 Å². The topological polar surface area (TPSA) is 127 Å². The van der Waals surface area contributed by atoms with Crippen molar-refractivity contribution in [2.75, 3.05) is 30.4 Å². The lowest BCUT2D eigenvalue weighted by Crippen LogP contribution is -2.46. The molecule has 2 amide bonds. The van der Waals surface area contributed by atoms with E-state index in [0.29, 0.717) is 35.6 Å². The zero-order valence-corrected chi connectivity index (χ0v) is 18.5. The zero-order valence-electron chi connectivity index (χ0n) is 18.5. The van der Waals surface area contributed by atoms with Crippen molar-refractivity contribution < 1.29 is 9.59 Å². The molecular formula is C24H30N6O2. The molecule has 0 radical (unpaired) electrons. The van der Waals surface area contributed by atoms with Crippen molar-refractivity contribution in [1.82, 2.24) is 9.88 Å². The summed E-state index contributed by atoms with van der Waals surface area (Å²) in [5.74, 6) is -0.0276. The van der Waals surface area contributed by atoms with Crippen LogP contribution in [0.4, 0.5) is 17.2 Å². The lowest BCUT2D eigenvalue weighted by atomic mass is 9.89. The lowest BCUT2D eigenvalue weighted by molar-refractivity contribution is -0.146. The molecule has 32 heavy (non-hydrogen) atoms. The van der Waals surface area contributed by atoms with E-state index in [9.17, 15) is 9.59 Å². The second kappa shape index (κ2) is 8.98. The number of hydrogen-bond acceptors (Lipinski definition) is 6. The second-order valence-electron chi connectivity index (χ2n) is 8.86. The van der Waals surface area contributed by atoms with Gasteiger partial charge in [0.15, 0.2) is 0 Å². The van der Waals surface area contributed by atoms with E-state index in [2.05, 4.69) is 22.2 Å². The number of pyridine rings is 1. The first-order valence-corrected chi connectivity index (χ1v) is 11.1.